The zero-order chi connectivity index (χ0) is 17.4. The van der Waals surface area contributed by atoms with Crippen molar-refractivity contribution in [2.75, 3.05) is 24.7 Å². The number of amides is 2. The van der Waals surface area contributed by atoms with Gasteiger partial charge in [-0.3, -0.25) is 14.4 Å². The highest BCUT2D eigenvalue weighted by Crippen LogP contribution is 2.30. The first-order valence-corrected chi connectivity index (χ1v) is 9.14. The van der Waals surface area contributed by atoms with Crippen LogP contribution >= 0.6 is 11.8 Å². The molecule has 7 heteroatoms. The standard InChI is InChI=1S/C16H26N2O4S/c1-10-6-17(7-11(10)15(21)22)14(20)12-8-23-9-18(12)13(19)5-16(2,3)4/h10-12H,5-9H2,1-4H3,(H,21,22)/t10-,11-,12?/m1/s1. The predicted molar refractivity (Wildman–Crippen MR) is 88.9 cm³/mol. The van der Waals surface area contributed by atoms with Crippen LogP contribution in [0.1, 0.15) is 34.1 Å². The van der Waals surface area contributed by atoms with Crippen molar-refractivity contribution in [3.8, 4) is 0 Å². The second-order valence-corrected chi connectivity index (χ2v) is 8.78. The average molecular weight is 342 g/mol. The Bertz CT molecular complexity index is 503. The maximum absolute atomic E-state index is 12.8. The van der Waals surface area contributed by atoms with Gasteiger partial charge in [0.2, 0.25) is 11.8 Å². The van der Waals surface area contributed by atoms with Gasteiger partial charge in [-0.2, -0.15) is 0 Å². The van der Waals surface area contributed by atoms with Crippen LogP contribution in [0.4, 0.5) is 0 Å². The third-order valence-corrected chi connectivity index (χ3v) is 5.42. The van der Waals surface area contributed by atoms with Gasteiger partial charge in [0.25, 0.3) is 0 Å². The van der Waals surface area contributed by atoms with E-state index < -0.39 is 17.9 Å². The summed E-state index contributed by atoms with van der Waals surface area (Å²) in [5, 5.41) is 9.21. The summed E-state index contributed by atoms with van der Waals surface area (Å²) in [5.74, 6) is -0.380. The number of nitrogens with zero attached hydrogens (tertiary/aromatic N) is 2. The fraction of sp³-hybridized carbons (Fsp3) is 0.812. The van der Waals surface area contributed by atoms with E-state index >= 15 is 0 Å². The van der Waals surface area contributed by atoms with Gasteiger partial charge in [0, 0.05) is 25.3 Å². The third-order valence-electron chi connectivity index (χ3n) is 4.41. The van der Waals surface area contributed by atoms with E-state index in [0.717, 1.165) is 0 Å². The monoisotopic (exact) mass is 342 g/mol. The summed E-state index contributed by atoms with van der Waals surface area (Å²) in [6, 6.07) is -0.449. The van der Waals surface area contributed by atoms with E-state index in [9.17, 15) is 19.5 Å². The molecule has 0 saturated carbocycles. The van der Waals surface area contributed by atoms with Crippen LogP contribution in [0.3, 0.4) is 0 Å². The molecule has 2 aliphatic heterocycles. The number of carboxylic acid groups (broad SMARTS) is 1. The van der Waals surface area contributed by atoms with Crippen molar-refractivity contribution in [3.63, 3.8) is 0 Å². The molecule has 0 aromatic rings. The molecule has 2 heterocycles. The molecule has 2 amide bonds. The van der Waals surface area contributed by atoms with Crippen molar-refractivity contribution in [3.05, 3.63) is 0 Å². The Morgan fingerprint density at radius 1 is 1.22 bits per heavy atom. The summed E-state index contributed by atoms with van der Waals surface area (Å²) >= 11 is 1.58. The molecule has 2 fully saturated rings. The van der Waals surface area contributed by atoms with Crippen molar-refractivity contribution in [1.82, 2.24) is 9.80 Å². The maximum atomic E-state index is 12.8. The van der Waals surface area contributed by atoms with Gasteiger partial charge in [0.1, 0.15) is 6.04 Å². The molecule has 2 saturated heterocycles. The Labute approximate surface area is 141 Å². The smallest absolute Gasteiger partial charge is 0.308 e. The van der Waals surface area contributed by atoms with E-state index in [-0.39, 0.29) is 29.7 Å². The van der Waals surface area contributed by atoms with E-state index in [1.54, 1.807) is 21.6 Å². The number of hydrogen-bond acceptors (Lipinski definition) is 4. The quantitative estimate of drug-likeness (QED) is 0.841. The topological polar surface area (TPSA) is 77.9 Å². The first-order chi connectivity index (χ1) is 10.6. The molecule has 0 aromatic heterocycles. The second kappa shape index (κ2) is 6.71. The molecule has 0 radical (unpaired) electrons. The number of carbonyl (C=O) groups excluding carboxylic acids is 2. The molecular weight excluding hydrogens is 316 g/mol. The fourth-order valence-corrected chi connectivity index (χ4v) is 4.30. The number of carbonyl (C=O) groups is 3. The Balaban J connectivity index is 2.04. The van der Waals surface area contributed by atoms with Gasteiger partial charge in [0.05, 0.1) is 11.8 Å². The van der Waals surface area contributed by atoms with Crippen LogP contribution in [0.5, 0.6) is 0 Å². The largest absolute Gasteiger partial charge is 0.481 e. The Kier molecular flexibility index (Phi) is 5.28. The molecule has 0 aliphatic carbocycles. The van der Waals surface area contributed by atoms with Crippen molar-refractivity contribution in [2.45, 2.75) is 40.2 Å². The van der Waals surface area contributed by atoms with Crippen LogP contribution in [0.15, 0.2) is 0 Å². The van der Waals surface area contributed by atoms with Crippen LogP contribution in [0, 0.1) is 17.3 Å². The number of thioether (sulfide) groups is 1. The molecule has 0 spiro atoms. The summed E-state index contributed by atoms with van der Waals surface area (Å²) in [5.41, 5.74) is -0.117. The lowest BCUT2D eigenvalue weighted by Gasteiger charge is -2.29. The van der Waals surface area contributed by atoms with Gasteiger partial charge in [-0.15, -0.1) is 11.8 Å². The van der Waals surface area contributed by atoms with E-state index in [4.69, 9.17) is 0 Å². The first kappa shape index (κ1) is 18.1. The molecule has 23 heavy (non-hydrogen) atoms. The number of rotatable bonds is 3. The van der Waals surface area contributed by atoms with Crippen molar-refractivity contribution >= 4 is 29.5 Å². The molecule has 2 aliphatic rings. The van der Waals surface area contributed by atoms with E-state index in [2.05, 4.69) is 0 Å². The van der Waals surface area contributed by atoms with Crippen LogP contribution in [-0.2, 0) is 14.4 Å². The van der Waals surface area contributed by atoms with Gasteiger partial charge in [-0.25, -0.2) is 0 Å². The van der Waals surface area contributed by atoms with E-state index in [0.29, 0.717) is 24.6 Å². The number of hydrogen-bond donors (Lipinski definition) is 1. The summed E-state index contributed by atoms with van der Waals surface area (Å²) in [6.07, 6.45) is 0.408. The summed E-state index contributed by atoms with van der Waals surface area (Å²) < 4.78 is 0. The third kappa shape index (κ3) is 4.19. The van der Waals surface area contributed by atoms with Crippen LogP contribution in [0.2, 0.25) is 0 Å². The lowest BCUT2D eigenvalue weighted by molar-refractivity contribution is -0.145. The van der Waals surface area contributed by atoms with Crippen molar-refractivity contribution in [1.29, 1.82) is 0 Å². The highest BCUT2D eigenvalue weighted by molar-refractivity contribution is 7.99. The second-order valence-electron chi connectivity index (χ2n) is 7.78. The maximum Gasteiger partial charge on any atom is 0.308 e. The molecule has 2 rings (SSSR count). The number of aliphatic carboxylic acids is 1. The van der Waals surface area contributed by atoms with Gasteiger partial charge in [0.15, 0.2) is 0 Å². The van der Waals surface area contributed by atoms with E-state index in [1.165, 1.54) is 0 Å². The predicted octanol–water partition coefficient (Wildman–Crippen LogP) is 1.50. The zero-order valence-corrected chi connectivity index (χ0v) is 15.1. The minimum absolute atomic E-state index is 0.00267. The highest BCUT2D eigenvalue weighted by Gasteiger charge is 2.43. The Hall–Kier alpha value is -1.24. The van der Waals surface area contributed by atoms with Gasteiger partial charge >= 0.3 is 5.97 Å². The van der Waals surface area contributed by atoms with Crippen LogP contribution < -0.4 is 0 Å². The molecule has 130 valence electrons. The lowest BCUT2D eigenvalue weighted by atomic mass is 9.91. The number of carboxylic acids is 1. The molecule has 3 atom stereocenters. The molecular formula is C16H26N2O4S. The van der Waals surface area contributed by atoms with Gasteiger partial charge in [-0.05, 0) is 11.3 Å². The summed E-state index contributed by atoms with van der Waals surface area (Å²) in [7, 11) is 0. The molecule has 1 unspecified atom stereocenters. The molecule has 6 nitrogen and oxygen atoms in total. The zero-order valence-electron chi connectivity index (χ0n) is 14.2. The van der Waals surface area contributed by atoms with Gasteiger partial charge < -0.3 is 14.9 Å². The summed E-state index contributed by atoms with van der Waals surface area (Å²) in [6.45, 7) is 8.58. The molecule has 0 bridgehead atoms. The number of likely N-dealkylation sites (tertiary alicyclic amines) is 1. The average Bonchev–Trinajstić information content (AvgIpc) is 3.01. The normalized spacial score (nSPS) is 28.3. The van der Waals surface area contributed by atoms with Crippen molar-refractivity contribution in [2.24, 2.45) is 17.3 Å². The lowest BCUT2D eigenvalue weighted by Crippen LogP contribution is -2.49. The SMILES string of the molecule is C[C@@H]1CN(C(=O)C2CSCN2C(=O)CC(C)(C)C)C[C@H]1C(=O)O. The fourth-order valence-electron chi connectivity index (χ4n) is 3.13. The highest BCUT2D eigenvalue weighted by atomic mass is 32.2. The first-order valence-electron chi connectivity index (χ1n) is 7.99. The van der Waals surface area contributed by atoms with Crippen molar-refractivity contribution < 1.29 is 19.5 Å². The Morgan fingerprint density at radius 2 is 1.87 bits per heavy atom. The van der Waals surface area contributed by atoms with Gasteiger partial charge in [-0.1, -0.05) is 27.7 Å². The Morgan fingerprint density at radius 3 is 2.39 bits per heavy atom. The van der Waals surface area contributed by atoms with Crippen LogP contribution in [0.25, 0.3) is 0 Å². The van der Waals surface area contributed by atoms with E-state index in [1.807, 2.05) is 27.7 Å². The minimum atomic E-state index is -0.853. The molecule has 1 N–H and O–H groups in total. The minimum Gasteiger partial charge on any atom is -0.481 e. The molecule has 0 aromatic carbocycles. The van der Waals surface area contributed by atoms with Crippen LogP contribution in [-0.4, -0.2) is 63.5 Å². The summed E-state index contributed by atoms with van der Waals surface area (Å²) in [4.78, 5) is 39.8.